The first-order chi connectivity index (χ1) is 9.51. The van der Waals surface area contributed by atoms with E-state index in [0.717, 1.165) is 6.07 Å². The summed E-state index contributed by atoms with van der Waals surface area (Å²) in [6.45, 7) is 1.46. The van der Waals surface area contributed by atoms with Gasteiger partial charge in [0.2, 0.25) is 0 Å². The lowest BCUT2D eigenvalue weighted by Crippen LogP contribution is -1.94. The fourth-order valence-electron chi connectivity index (χ4n) is 1.57. The number of Topliss-reactive ketones (excluding diaryl/α,β-unsaturated/α-hetero) is 1. The van der Waals surface area contributed by atoms with Crippen LogP contribution in [0, 0.1) is 17.1 Å². The maximum Gasteiger partial charge on any atom is 0.167 e. The monoisotopic (exact) mass is 333 g/mol. The molecule has 3 nitrogen and oxygen atoms in total. The Hall–Kier alpha value is -2.19. The molecule has 0 N–H and O–H groups in total. The molecule has 0 aromatic heterocycles. The Morgan fingerprint density at radius 2 is 1.95 bits per heavy atom. The standard InChI is InChI=1S/C15H9BrFNO2/c1-9(19)11-3-5-14(12(16)7-11)20-15-4-2-10(8-18)6-13(15)17/h2-7H,1H3. The summed E-state index contributed by atoms with van der Waals surface area (Å²) in [5.41, 5.74) is 0.755. The van der Waals surface area contributed by atoms with Gasteiger partial charge in [0.25, 0.3) is 0 Å². The van der Waals surface area contributed by atoms with E-state index in [1.807, 2.05) is 6.07 Å². The van der Waals surface area contributed by atoms with Crippen LogP contribution in [0.1, 0.15) is 22.8 Å². The maximum atomic E-state index is 13.7. The van der Waals surface area contributed by atoms with E-state index < -0.39 is 5.82 Å². The minimum absolute atomic E-state index is 0.0141. The molecule has 0 bridgehead atoms. The molecule has 0 spiro atoms. The van der Waals surface area contributed by atoms with Crippen molar-refractivity contribution >= 4 is 21.7 Å². The van der Waals surface area contributed by atoms with Crippen molar-refractivity contribution in [3.8, 4) is 17.6 Å². The highest BCUT2D eigenvalue weighted by molar-refractivity contribution is 9.10. The third-order valence-corrected chi connectivity index (χ3v) is 3.24. The predicted octanol–water partition coefficient (Wildman–Crippen LogP) is 4.45. The van der Waals surface area contributed by atoms with Gasteiger partial charge in [-0.2, -0.15) is 5.26 Å². The van der Waals surface area contributed by atoms with Crippen LogP contribution < -0.4 is 4.74 Å². The normalized spacial score (nSPS) is 9.90. The molecule has 2 aromatic carbocycles. The summed E-state index contributed by atoms with van der Waals surface area (Å²) in [5.74, 6) is -0.285. The van der Waals surface area contributed by atoms with Crippen molar-refractivity contribution in [3.05, 3.63) is 57.8 Å². The number of hydrogen-bond acceptors (Lipinski definition) is 3. The SMILES string of the molecule is CC(=O)c1ccc(Oc2ccc(C#N)cc2F)c(Br)c1. The second-order valence-corrected chi connectivity index (χ2v) is 4.91. The highest BCUT2D eigenvalue weighted by Crippen LogP contribution is 2.32. The lowest BCUT2D eigenvalue weighted by atomic mass is 10.1. The van der Waals surface area contributed by atoms with Gasteiger partial charge < -0.3 is 4.74 Å². The van der Waals surface area contributed by atoms with Crippen LogP contribution in [0.4, 0.5) is 4.39 Å². The Labute approximate surface area is 123 Å². The molecule has 2 aromatic rings. The number of nitriles is 1. The summed E-state index contributed by atoms with van der Waals surface area (Å²) in [6, 6.07) is 10.6. The molecule has 0 saturated heterocycles. The van der Waals surface area contributed by atoms with E-state index in [-0.39, 0.29) is 17.1 Å². The predicted molar refractivity (Wildman–Crippen MR) is 75.3 cm³/mol. The summed E-state index contributed by atoms with van der Waals surface area (Å²) in [5, 5.41) is 8.67. The van der Waals surface area contributed by atoms with Gasteiger partial charge in [0.15, 0.2) is 17.3 Å². The van der Waals surface area contributed by atoms with Crippen LogP contribution in [0.25, 0.3) is 0 Å². The van der Waals surface area contributed by atoms with E-state index in [1.54, 1.807) is 18.2 Å². The third-order valence-electron chi connectivity index (χ3n) is 2.62. The van der Waals surface area contributed by atoms with E-state index in [0.29, 0.717) is 15.8 Å². The van der Waals surface area contributed by atoms with Crippen molar-refractivity contribution in [1.82, 2.24) is 0 Å². The first-order valence-electron chi connectivity index (χ1n) is 5.69. The van der Waals surface area contributed by atoms with Gasteiger partial charge >= 0.3 is 0 Å². The highest BCUT2D eigenvalue weighted by atomic mass is 79.9. The minimum atomic E-state index is -0.619. The number of halogens is 2. The number of ketones is 1. The molecular weight excluding hydrogens is 325 g/mol. The zero-order chi connectivity index (χ0) is 14.7. The van der Waals surface area contributed by atoms with E-state index in [1.165, 1.54) is 19.1 Å². The van der Waals surface area contributed by atoms with Crippen molar-refractivity contribution < 1.29 is 13.9 Å². The summed E-state index contributed by atoms with van der Waals surface area (Å²) in [4.78, 5) is 11.2. The van der Waals surface area contributed by atoms with Gasteiger partial charge in [0.1, 0.15) is 5.75 Å². The lowest BCUT2D eigenvalue weighted by molar-refractivity contribution is 0.101. The van der Waals surface area contributed by atoms with E-state index in [9.17, 15) is 9.18 Å². The quantitative estimate of drug-likeness (QED) is 0.779. The first kappa shape index (κ1) is 14.2. The van der Waals surface area contributed by atoms with Crippen molar-refractivity contribution in [1.29, 1.82) is 5.26 Å². The number of benzene rings is 2. The Morgan fingerprint density at radius 3 is 2.50 bits per heavy atom. The number of ether oxygens (including phenoxy) is 1. The molecule has 20 heavy (non-hydrogen) atoms. The van der Waals surface area contributed by atoms with Crippen LogP contribution >= 0.6 is 15.9 Å². The highest BCUT2D eigenvalue weighted by Gasteiger charge is 2.10. The smallest absolute Gasteiger partial charge is 0.167 e. The average molecular weight is 334 g/mol. The van der Waals surface area contributed by atoms with E-state index >= 15 is 0 Å². The van der Waals surface area contributed by atoms with Gasteiger partial charge in [-0.15, -0.1) is 0 Å². The topological polar surface area (TPSA) is 50.1 Å². The van der Waals surface area contributed by atoms with E-state index in [4.69, 9.17) is 10.00 Å². The maximum absolute atomic E-state index is 13.7. The van der Waals surface area contributed by atoms with Crippen LogP contribution in [0.3, 0.4) is 0 Å². The number of hydrogen-bond donors (Lipinski definition) is 0. The minimum Gasteiger partial charge on any atom is -0.453 e. The number of nitrogens with zero attached hydrogens (tertiary/aromatic N) is 1. The molecule has 0 saturated carbocycles. The first-order valence-corrected chi connectivity index (χ1v) is 6.48. The molecular formula is C15H9BrFNO2. The van der Waals surface area contributed by atoms with E-state index in [2.05, 4.69) is 15.9 Å². The zero-order valence-electron chi connectivity index (χ0n) is 10.5. The average Bonchev–Trinajstić information content (AvgIpc) is 2.42. The molecule has 0 fully saturated rings. The van der Waals surface area contributed by atoms with Crippen molar-refractivity contribution in [2.75, 3.05) is 0 Å². The molecule has 100 valence electrons. The molecule has 0 aliphatic rings. The van der Waals surface area contributed by atoms with Gasteiger partial charge in [-0.05, 0) is 59.3 Å². The summed E-state index contributed by atoms with van der Waals surface area (Å²) in [7, 11) is 0. The fourth-order valence-corrected chi connectivity index (χ4v) is 2.03. The van der Waals surface area contributed by atoms with Crippen molar-refractivity contribution in [2.24, 2.45) is 0 Å². The summed E-state index contributed by atoms with van der Waals surface area (Å²) in [6.07, 6.45) is 0. The number of rotatable bonds is 3. The van der Waals surface area contributed by atoms with Gasteiger partial charge in [-0.1, -0.05) is 0 Å². The molecule has 0 heterocycles. The fraction of sp³-hybridized carbons (Fsp3) is 0.0667. The molecule has 0 radical (unpaired) electrons. The Bertz CT molecular complexity index is 722. The number of carbonyl (C=O) groups is 1. The molecule has 5 heteroatoms. The van der Waals surface area contributed by atoms with Gasteiger partial charge in [-0.3, -0.25) is 4.79 Å². The second kappa shape index (κ2) is 5.85. The molecule has 0 unspecified atom stereocenters. The van der Waals surface area contributed by atoms with Crippen molar-refractivity contribution in [3.63, 3.8) is 0 Å². The van der Waals surface area contributed by atoms with Gasteiger partial charge in [0.05, 0.1) is 16.1 Å². The van der Waals surface area contributed by atoms with Gasteiger partial charge in [-0.25, -0.2) is 4.39 Å². The molecule has 2 rings (SSSR count). The van der Waals surface area contributed by atoms with Crippen LogP contribution in [-0.2, 0) is 0 Å². The van der Waals surface area contributed by atoms with Crippen LogP contribution in [0.15, 0.2) is 40.9 Å². The zero-order valence-corrected chi connectivity index (χ0v) is 12.1. The molecule has 0 amide bonds. The Morgan fingerprint density at radius 1 is 1.25 bits per heavy atom. The largest absolute Gasteiger partial charge is 0.453 e. The Kier molecular flexibility index (Phi) is 4.16. The van der Waals surface area contributed by atoms with Crippen molar-refractivity contribution in [2.45, 2.75) is 6.92 Å². The second-order valence-electron chi connectivity index (χ2n) is 4.06. The van der Waals surface area contributed by atoms with Crippen LogP contribution in [-0.4, -0.2) is 5.78 Å². The van der Waals surface area contributed by atoms with Gasteiger partial charge in [0, 0.05) is 5.56 Å². The molecule has 0 atom stereocenters. The Balaban J connectivity index is 2.31. The lowest BCUT2D eigenvalue weighted by Gasteiger charge is -2.09. The number of carbonyl (C=O) groups excluding carboxylic acids is 1. The van der Waals surface area contributed by atoms with Crippen LogP contribution in [0.5, 0.6) is 11.5 Å². The third kappa shape index (κ3) is 3.03. The van der Waals surface area contributed by atoms with Crippen LogP contribution in [0.2, 0.25) is 0 Å². The summed E-state index contributed by atoms with van der Waals surface area (Å²) < 4.78 is 19.7. The molecule has 0 aliphatic carbocycles. The molecule has 0 aliphatic heterocycles. The summed E-state index contributed by atoms with van der Waals surface area (Å²) >= 11 is 3.27.